The van der Waals surface area contributed by atoms with Crippen molar-refractivity contribution in [1.82, 2.24) is 24.9 Å². The molecule has 3 aliphatic rings. The normalized spacial score (nSPS) is 26.0. The van der Waals surface area contributed by atoms with E-state index in [4.69, 9.17) is 4.74 Å². The van der Waals surface area contributed by atoms with E-state index < -0.39 is 5.54 Å². The number of halogens is 2. The Labute approximate surface area is 167 Å². The van der Waals surface area contributed by atoms with Crippen LogP contribution in [0.25, 0.3) is 0 Å². The zero-order valence-electron chi connectivity index (χ0n) is 15.0. The monoisotopic (exact) mass is 405 g/mol. The molecule has 26 heavy (non-hydrogen) atoms. The fourth-order valence-corrected chi connectivity index (χ4v) is 4.36. The van der Waals surface area contributed by atoms with Gasteiger partial charge in [-0.05, 0) is 38.4 Å². The van der Waals surface area contributed by atoms with E-state index in [2.05, 4.69) is 20.2 Å². The molecule has 1 N–H and O–H groups in total. The maximum atomic E-state index is 13.4. The van der Waals surface area contributed by atoms with Crippen LogP contribution in [-0.4, -0.2) is 84.0 Å². The van der Waals surface area contributed by atoms with Crippen LogP contribution in [0.5, 0.6) is 0 Å². The minimum atomic E-state index is -0.505. The SMILES string of the molecule is Cl.Cl.O=C(N1CCC(N2CCOCC2)C1)C1(n2cccn2)CCNCC1. The average molecular weight is 406 g/mol. The molecule has 1 atom stereocenters. The van der Waals surface area contributed by atoms with Gasteiger partial charge in [-0.2, -0.15) is 5.10 Å². The molecule has 9 heteroatoms. The van der Waals surface area contributed by atoms with Crippen molar-refractivity contribution in [3.8, 4) is 0 Å². The molecule has 1 aromatic heterocycles. The fourth-order valence-electron chi connectivity index (χ4n) is 4.36. The van der Waals surface area contributed by atoms with Gasteiger partial charge in [-0.15, -0.1) is 24.8 Å². The highest BCUT2D eigenvalue weighted by Crippen LogP contribution is 2.31. The lowest BCUT2D eigenvalue weighted by atomic mass is 9.87. The first-order valence-electron chi connectivity index (χ1n) is 9.12. The van der Waals surface area contributed by atoms with Crippen LogP contribution in [0.2, 0.25) is 0 Å². The molecule has 3 saturated heterocycles. The summed E-state index contributed by atoms with van der Waals surface area (Å²) >= 11 is 0. The summed E-state index contributed by atoms with van der Waals surface area (Å²) < 4.78 is 7.35. The van der Waals surface area contributed by atoms with E-state index in [1.54, 1.807) is 6.20 Å². The summed E-state index contributed by atoms with van der Waals surface area (Å²) in [7, 11) is 0. The summed E-state index contributed by atoms with van der Waals surface area (Å²) in [4.78, 5) is 18.0. The van der Waals surface area contributed by atoms with Gasteiger partial charge in [0.25, 0.3) is 5.91 Å². The zero-order valence-corrected chi connectivity index (χ0v) is 16.6. The summed E-state index contributed by atoms with van der Waals surface area (Å²) in [5.41, 5.74) is -0.505. The second-order valence-corrected chi connectivity index (χ2v) is 7.07. The van der Waals surface area contributed by atoms with Gasteiger partial charge in [-0.1, -0.05) is 0 Å². The molecule has 1 unspecified atom stereocenters. The van der Waals surface area contributed by atoms with Crippen molar-refractivity contribution in [3.05, 3.63) is 18.5 Å². The highest BCUT2D eigenvalue weighted by atomic mass is 35.5. The fraction of sp³-hybridized carbons (Fsp3) is 0.765. The van der Waals surface area contributed by atoms with Crippen LogP contribution in [0.1, 0.15) is 19.3 Å². The van der Waals surface area contributed by atoms with Crippen molar-refractivity contribution in [2.24, 2.45) is 0 Å². The van der Waals surface area contributed by atoms with Gasteiger partial charge in [-0.3, -0.25) is 14.4 Å². The molecule has 148 valence electrons. The number of amides is 1. The van der Waals surface area contributed by atoms with Crippen LogP contribution in [0, 0.1) is 0 Å². The number of hydrogen-bond acceptors (Lipinski definition) is 5. The molecule has 4 rings (SSSR count). The lowest BCUT2D eigenvalue weighted by Crippen LogP contribution is -2.56. The van der Waals surface area contributed by atoms with E-state index in [0.717, 1.165) is 71.7 Å². The number of likely N-dealkylation sites (tertiary alicyclic amines) is 1. The Morgan fingerprint density at radius 2 is 1.88 bits per heavy atom. The first-order valence-corrected chi connectivity index (χ1v) is 9.12. The highest BCUT2D eigenvalue weighted by Gasteiger charge is 2.46. The van der Waals surface area contributed by atoms with Crippen molar-refractivity contribution < 1.29 is 9.53 Å². The number of piperidine rings is 1. The predicted octanol–water partition coefficient (Wildman–Crippen LogP) is 0.738. The van der Waals surface area contributed by atoms with Gasteiger partial charge in [0.15, 0.2) is 0 Å². The summed E-state index contributed by atoms with van der Waals surface area (Å²) in [5.74, 6) is 0.253. The molecular formula is C17H29Cl2N5O2. The van der Waals surface area contributed by atoms with Crippen LogP contribution < -0.4 is 5.32 Å². The van der Waals surface area contributed by atoms with Gasteiger partial charge in [0.1, 0.15) is 5.54 Å². The predicted molar refractivity (Wildman–Crippen MR) is 104 cm³/mol. The number of morpholine rings is 1. The van der Waals surface area contributed by atoms with E-state index in [1.807, 2.05) is 16.9 Å². The number of ether oxygens (including phenoxy) is 1. The van der Waals surface area contributed by atoms with Gasteiger partial charge in [0.05, 0.1) is 13.2 Å². The van der Waals surface area contributed by atoms with Crippen molar-refractivity contribution >= 4 is 30.7 Å². The average Bonchev–Trinajstić information content (AvgIpc) is 3.34. The quantitative estimate of drug-likeness (QED) is 0.803. The van der Waals surface area contributed by atoms with Crippen LogP contribution in [0.4, 0.5) is 0 Å². The molecule has 4 heterocycles. The third kappa shape index (κ3) is 4.02. The zero-order chi connectivity index (χ0) is 16.4. The van der Waals surface area contributed by atoms with Crippen LogP contribution in [0.3, 0.4) is 0 Å². The molecule has 3 fully saturated rings. The van der Waals surface area contributed by atoms with Crippen LogP contribution in [-0.2, 0) is 15.1 Å². The Morgan fingerprint density at radius 1 is 1.15 bits per heavy atom. The van der Waals surface area contributed by atoms with E-state index in [-0.39, 0.29) is 30.7 Å². The maximum Gasteiger partial charge on any atom is 0.250 e. The second-order valence-electron chi connectivity index (χ2n) is 7.07. The summed E-state index contributed by atoms with van der Waals surface area (Å²) in [6.07, 6.45) is 6.41. The number of carbonyl (C=O) groups excluding carboxylic acids is 1. The largest absolute Gasteiger partial charge is 0.379 e. The Kier molecular flexibility index (Phi) is 7.73. The summed E-state index contributed by atoms with van der Waals surface area (Å²) in [5, 5.41) is 7.80. The van der Waals surface area contributed by atoms with E-state index in [1.165, 1.54) is 0 Å². The van der Waals surface area contributed by atoms with E-state index in [9.17, 15) is 4.79 Å². The Hall–Kier alpha value is -0.860. The molecule has 0 bridgehead atoms. The van der Waals surface area contributed by atoms with Gasteiger partial charge >= 0.3 is 0 Å². The van der Waals surface area contributed by atoms with Crippen LogP contribution >= 0.6 is 24.8 Å². The van der Waals surface area contributed by atoms with Crippen molar-refractivity contribution in [2.75, 3.05) is 52.5 Å². The summed E-state index contributed by atoms with van der Waals surface area (Å²) in [6, 6.07) is 2.40. The van der Waals surface area contributed by atoms with Crippen LogP contribution in [0.15, 0.2) is 18.5 Å². The molecular weight excluding hydrogens is 377 g/mol. The van der Waals surface area contributed by atoms with Gasteiger partial charge < -0.3 is 15.0 Å². The minimum absolute atomic E-state index is 0. The lowest BCUT2D eigenvalue weighted by molar-refractivity contribution is -0.142. The number of aromatic nitrogens is 2. The molecule has 7 nitrogen and oxygen atoms in total. The van der Waals surface area contributed by atoms with Crippen molar-refractivity contribution in [3.63, 3.8) is 0 Å². The number of nitrogens with zero attached hydrogens (tertiary/aromatic N) is 4. The highest BCUT2D eigenvalue weighted by molar-refractivity contribution is 5.86. The number of hydrogen-bond donors (Lipinski definition) is 1. The number of rotatable bonds is 3. The molecule has 1 amide bonds. The molecule has 0 aliphatic carbocycles. The van der Waals surface area contributed by atoms with E-state index >= 15 is 0 Å². The van der Waals surface area contributed by atoms with Gasteiger partial charge in [-0.25, -0.2) is 0 Å². The topological polar surface area (TPSA) is 62.6 Å². The molecule has 0 aromatic carbocycles. The number of nitrogens with one attached hydrogen (secondary N) is 1. The summed E-state index contributed by atoms with van der Waals surface area (Å²) in [6.45, 7) is 7.04. The van der Waals surface area contributed by atoms with Gasteiger partial charge in [0.2, 0.25) is 0 Å². The van der Waals surface area contributed by atoms with E-state index in [0.29, 0.717) is 6.04 Å². The molecule has 0 spiro atoms. The Balaban J connectivity index is 0.00000121. The minimum Gasteiger partial charge on any atom is -0.379 e. The first kappa shape index (κ1) is 21.4. The van der Waals surface area contributed by atoms with Gasteiger partial charge in [0, 0.05) is 44.6 Å². The second kappa shape index (κ2) is 9.37. The first-order chi connectivity index (χ1) is 11.8. The molecule has 1 aromatic rings. The lowest BCUT2D eigenvalue weighted by Gasteiger charge is -2.39. The third-order valence-corrected chi connectivity index (χ3v) is 5.78. The smallest absolute Gasteiger partial charge is 0.250 e. The van der Waals surface area contributed by atoms with Crippen molar-refractivity contribution in [2.45, 2.75) is 30.8 Å². The molecule has 0 saturated carbocycles. The molecule has 3 aliphatic heterocycles. The third-order valence-electron chi connectivity index (χ3n) is 5.78. The maximum absolute atomic E-state index is 13.4. The Morgan fingerprint density at radius 3 is 2.54 bits per heavy atom. The standard InChI is InChI=1S/C17H27N5O2.2ClH/c23-16(17(3-6-18-7-4-17)22-8-1-5-19-22)21-9-2-15(14-21)20-10-12-24-13-11-20;;/h1,5,8,15,18H,2-4,6-7,9-14H2;2*1H. The Bertz CT molecular complexity index is 560. The number of carbonyl (C=O) groups is 1. The molecule has 0 radical (unpaired) electrons. The van der Waals surface area contributed by atoms with Crippen molar-refractivity contribution in [1.29, 1.82) is 0 Å².